The van der Waals surface area contributed by atoms with Crippen LogP contribution in [0.2, 0.25) is 5.02 Å². The molecule has 1 aliphatic rings. The summed E-state index contributed by atoms with van der Waals surface area (Å²) < 4.78 is 13.8. The van der Waals surface area contributed by atoms with Crippen LogP contribution in [0, 0.1) is 5.82 Å². The van der Waals surface area contributed by atoms with E-state index in [1.54, 1.807) is 11.0 Å². The number of carbonyl (C=O) groups is 1. The third-order valence-corrected chi connectivity index (χ3v) is 4.36. The van der Waals surface area contributed by atoms with Gasteiger partial charge in [0.25, 0.3) is 5.91 Å². The van der Waals surface area contributed by atoms with Crippen LogP contribution in [0.4, 0.5) is 4.39 Å². The van der Waals surface area contributed by atoms with E-state index < -0.39 is 5.82 Å². The molecule has 5 heteroatoms. The molecule has 2 nitrogen and oxygen atoms in total. The van der Waals surface area contributed by atoms with Crippen molar-refractivity contribution < 1.29 is 9.18 Å². The van der Waals surface area contributed by atoms with Crippen molar-refractivity contribution in [1.82, 2.24) is 4.90 Å². The second-order valence-electron chi connectivity index (χ2n) is 4.72. The van der Waals surface area contributed by atoms with Gasteiger partial charge in [0.2, 0.25) is 0 Å². The van der Waals surface area contributed by atoms with Gasteiger partial charge < -0.3 is 4.90 Å². The van der Waals surface area contributed by atoms with Crippen LogP contribution in [-0.4, -0.2) is 28.7 Å². The third kappa shape index (κ3) is 3.29. The van der Waals surface area contributed by atoms with Gasteiger partial charge in [-0.1, -0.05) is 33.6 Å². The molecular weight excluding hydrogens is 333 g/mol. The van der Waals surface area contributed by atoms with Gasteiger partial charge in [-0.2, -0.15) is 0 Å². The van der Waals surface area contributed by atoms with Crippen LogP contribution in [0.25, 0.3) is 0 Å². The zero-order valence-corrected chi connectivity index (χ0v) is 12.9. The highest BCUT2D eigenvalue weighted by molar-refractivity contribution is 9.09. The number of likely N-dealkylation sites (tertiary alicyclic amines) is 1. The Kier molecular flexibility index (Phi) is 5.22. The van der Waals surface area contributed by atoms with Crippen molar-refractivity contribution >= 4 is 33.4 Å². The van der Waals surface area contributed by atoms with Crippen molar-refractivity contribution in [2.24, 2.45) is 0 Å². The number of nitrogens with zero attached hydrogens (tertiary/aromatic N) is 1. The smallest absolute Gasteiger partial charge is 0.258 e. The first-order valence-electron chi connectivity index (χ1n) is 6.46. The van der Waals surface area contributed by atoms with Crippen molar-refractivity contribution in [3.63, 3.8) is 0 Å². The molecule has 1 saturated heterocycles. The lowest BCUT2D eigenvalue weighted by molar-refractivity contribution is 0.0725. The minimum absolute atomic E-state index is 0.00917. The van der Waals surface area contributed by atoms with Crippen molar-refractivity contribution in [3.05, 3.63) is 34.6 Å². The molecule has 1 heterocycles. The number of hydrogen-bond acceptors (Lipinski definition) is 1. The van der Waals surface area contributed by atoms with Gasteiger partial charge in [-0.25, -0.2) is 4.39 Å². The van der Waals surface area contributed by atoms with Gasteiger partial charge in [0.1, 0.15) is 5.82 Å². The maximum Gasteiger partial charge on any atom is 0.258 e. The van der Waals surface area contributed by atoms with Crippen LogP contribution < -0.4 is 0 Å². The first-order valence-corrected chi connectivity index (χ1v) is 7.96. The standard InChI is InChI=1S/C14H16BrClFNO/c15-8-2-4-10-5-3-9-18(10)14(19)13-11(16)6-1-7-12(13)17/h1,6-7,10H,2-5,8-9H2. The van der Waals surface area contributed by atoms with Gasteiger partial charge in [0.15, 0.2) is 0 Å². The molecule has 0 aromatic heterocycles. The quantitative estimate of drug-likeness (QED) is 0.745. The molecule has 1 atom stereocenters. The molecule has 0 spiro atoms. The zero-order chi connectivity index (χ0) is 13.8. The van der Waals surface area contributed by atoms with E-state index in [4.69, 9.17) is 11.6 Å². The van der Waals surface area contributed by atoms with Gasteiger partial charge in [0, 0.05) is 17.9 Å². The maximum atomic E-state index is 13.8. The topological polar surface area (TPSA) is 20.3 Å². The van der Waals surface area contributed by atoms with E-state index in [0.29, 0.717) is 6.54 Å². The third-order valence-electron chi connectivity index (χ3n) is 3.49. The Morgan fingerprint density at radius 3 is 3.00 bits per heavy atom. The number of benzene rings is 1. The van der Waals surface area contributed by atoms with Gasteiger partial charge in [-0.15, -0.1) is 0 Å². The highest BCUT2D eigenvalue weighted by Crippen LogP contribution is 2.27. The predicted molar refractivity (Wildman–Crippen MR) is 78.5 cm³/mol. The van der Waals surface area contributed by atoms with E-state index in [1.807, 2.05) is 0 Å². The fourth-order valence-electron chi connectivity index (χ4n) is 2.56. The summed E-state index contributed by atoms with van der Waals surface area (Å²) in [4.78, 5) is 14.2. The van der Waals surface area contributed by atoms with E-state index in [0.717, 1.165) is 31.0 Å². The summed E-state index contributed by atoms with van der Waals surface area (Å²) in [7, 11) is 0. The van der Waals surface area contributed by atoms with E-state index in [1.165, 1.54) is 12.1 Å². The molecule has 0 radical (unpaired) electrons. The summed E-state index contributed by atoms with van der Waals surface area (Å²) in [6, 6.07) is 4.56. The molecule has 1 fully saturated rings. The zero-order valence-electron chi connectivity index (χ0n) is 10.5. The number of halogens is 3. The maximum absolute atomic E-state index is 13.8. The lowest BCUT2D eigenvalue weighted by Crippen LogP contribution is -2.36. The Balaban J connectivity index is 2.18. The molecule has 0 bridgehead atoms. The molecule has 19 heavy (non-hydrogen) atoms. The summed E-state index contributed by atoms with van der Waals surface area (Å²) in [6.07, 6.45) is 3.93. The molecule has 104 valence electrons. The van der Waals surface area contributed by atoms with E-state index in [-0.39, 0.29) is 22.5 Å². The second-order valence-corrected chi connectivity index (χ2v) is 5.92. The minimum atomic E-state index is -0.538. The molecule has 0 N–H and O–H groups in total. The number of rotatable bonds is 4. The van der Waals surface area contributed by atoms with Crippen LogP contribution in [0.15, 0.2) is 18.2 Å². The first kappa shape index (κ1) is 14.8. The molecule has 1 aliphatic heterocycles. The minimum Gasteiger partial charge on any atom is -0.336 e. The Bertz CT molecular complexity index is 449. The lowest BCUT2D eigenvalue weighted by atomic mass is 10.1. The summed E-state index contributed by atoms with van der Waals surface area (Å²) >= 11 is 9.36. The average molecular weight is 349 g/mol. The summed E-state index contributed by atoms with van der Waals surface area (Å²) in [5.74, 6) is -0.816. The molecular formula is C14H16BrClFNO. The Morgan fingerprint density at radius 2 is 2.32 bits per heavy atom. The lowest BCUT2D eigenvalue weighted by Gasteiger charge is -2.25. The molecule has 0 aliphatic carbocycles. The normalized spacial score (nSPS) is 18.9. The highest BCUT2D eigenvalue weighted by Gasteiger charge is 2.31. The molecule has 0 saturated carbocycles. The molecule has 1 aromatic rings. The second kappa shape index (κ2) is 6.71. The van der Waals surface area contributed by atoms with Crippen LogP contribution >= 0.6 is 27.5 Å². The first-order chi connectivity index (χ1) is 9.15. The van der Waals surface area contributed by atoms with Gasteiger partial charge in [-0.05, 0) is 37.8 Å². The largest absolute Gasteiger partial charge is 0.336 e. The van der Waals surface area contributed by atoms with Crippen molar-refractivity contribution in [3.8, 4) is 0 Å². The van der Waals surface area contributed by atoms with Crippen LogP contribution in [0.5, 0.6) is 0 Å². The number of carbonyl (C=O) groups excluding carboxylic acids is 1. The number of hydrogen-bond donors (Lipinski definition) is 0. The fourth-order valence-corrected chi connectivity index (χ4v) is 3.13. The van der Waals surface area contributed by atoms with E-state index >= 15 is 0 Å². The monoisotopic (exact) mass is 347 g/mol. The van der Waals surface area contributed by atoms with E-state index in [2.05, 4.69) is 15.9 Å². The van der Waals surface area contributed by atoms with Gasteiger partial charge in [0.05, 0.1) is 10.6 Å². The number of alkyl halides is 1. The Morgan fingerprint density at radius 1 is 1.53 bits per heavy atom. The summed E-state index contributed by atoms with van der Waals surface area (Å²) in [5, 5.41) is 1.11. The van der Waals surface area contributed by atoms with Crippen molar-refractivity contribution in [2.45, 2.75) is 31.7 Å². The molecule has 2 rings (SSSR count). The number of amides is 1. The highest BCUT2D eigenvalue weighted by atomic mass is 79.9. The van der Waals surface area contributed by atoms with Crippen LogP contribution in [0.1, 0.15) is 36.0 Å². The predicted octanol–water partition coefficient (Wildman–Crippen LogP) is 4.26. The van der Waals surface area contributed by atoms with Crippen LogP contribution in [0.3, 0.4) is 0 Å². The summed E-state index contributed by atoms with van der Waals surface area (Å²) in [6.45, 7) is 0.691. The Labute approximate surface area is 126 Å². The SMILES string of the molecule is O=C(c1c(F)cccc1Cl)N1CCCC1CCCBr. The van der Waals surface area contributed by atoms with Crippen molar-refractivity contribution in [2.75, 3.05) is 11.9 Å². The molecule has 1 aromatic carbocycles. The summed E-state index contributed by atoms with van der Waals surface area (Å²) in [5.41, 5.74) is 0.00917. The van der Waals surface area contributed by atoms with Gasteiger partial charge in [-0.3, -0.25) is 4.79 Å². The van der Waals surface area contributed by atoms with E-state index in [9.17, 15) is 9.18 Å². The van der Waals surface area contributed by atoms with Crippen molar-refractivity contribution in [1.29, 1.82) is 0 Å². The molecule has 1 unspecified atom stereocenters. The van der Waals surface area contributed by atoms with Gasteiger partial charge >= 0.3 is 0 Å². The fraction of sp³-hybridized carbons (Fsp3) is 0.500. The van der Waals surface area contributed by atoms with Crippen LogP contribution in [-0.2, 0) is 0 Å². The average Bonchev–Trinajstić information content (AvgIpc) is 2.84. The molecule has 1 amide bonds. The Hall–Kier alpha value is -0.610.